The Morgan fingerprint density at radius 2 is 2.35 bits per heavy atom. The Hall–Kier alpha value is -1.82. The molecule has 108 valence electrons. The summed E-state index contributed by atoms with van der Waals surface area (Å²) >= 11 is 6.03. The second-order valence-electron chi connectivity index (χ2n) is 4.67. The van der Waals surface area contributed by atoms with Crippen LogP contribution in [0.3, 0.4) is 0 Å². The molecule has 2 rings (SSSR count). The quantitative estimate of drug-likeness (QED) is 0.436. The van der Waals surface area contributed by atoms with E-state index in [-0.39, 0.29) is 0 Å². The van der Waals surface area contributed by atoms with Gasteiger partial charge in [-0.2, -0.15) is 0 Å². The molecule has 2 amide bonds. The second kappa shape index (κ2) is 7.09. The number of aryl methyl sites for hydroxylation is 1. The summed E-state index contributed by atoms with van der Waals surface area (Å²) in [6, 6.07) is 3.43. The van der Waals surface area contributed by atoms with Crippen molar-refractivity contribution in [3.63, 3.8) is 0 Å². The van der Waals surface area contributed by atoms with Crippen molar-refractivity contribution in [3.05, 3.63) is 29.0 Å². The lowest BCUT2D eigenvalue weighted by Crippen LogP contribution is -2.44. The van der Waals surface area contributed by atoms with Crippen LogP contribution in [0.2, 0.25) is 5.02 Å². The maximum absolute atomic E-state index is 10.9. The van der Waals surface area contributed by atoms with Gasteiger partial charge in [0.1, 0.15) is 0 Å². The minimum Gasteiger partial charge on any atom is -0.353 e. The number of rotatable bonds is 5. The zero-order valence-corrected chi connectivity index (χ0v) is 11.9. The van der Waals surface area contributed by atoms with E-state index in [0.29, 0.717) is 23.6 Å². The lowest BCUT2D eigenvalue weighted by Gasteiger charge is -2.08. The van der Waals surface area contributed by atoms with Gasteiger partial charge in [0.15, 0.2) is 5.96 Å². The van der Waals surface area contributed by atoms with E-state index < -0.39 is 6.03 Å². The van der Waals surface area contributed by atoms with E-state index >= 15 is 0 Å². The van der Waals surface area contributed by atoms with E-state index in [9.17, 15) is 4.79 Å². The number of amides is 2. The molecular weight excluding hydrogens is 278 g/mol. The fraction of sp³-hybridized carbons (Fsp3) is 0.462. The average molecular weight is 296 g/mol. The van der Waals surface area contributed by atoms with Crippen LogP contribution in [-0.2, 0) is 6.42 Å². The molecule has 1 aromatic rings. The van der Waals surface area contributed by atoms with E-state index in [1.54, 1.807) is 12.3 Å². The first-order valence-corrected chi connectivity index (χ1v) is 7.00. The normalized spacial score (nSPS) is 14.9. The van der Waals surface area contributed by atoms with Gasteiger partial charge < -0.3 is 11.1 Å². The Morgan fingerprint density at radius 1 is 1.55 bits per heavy atom. The van der Waals surface area contributed by atoms with Gasteiger partial charge in [0.05, 0.1) is 10.7 Å². The van der Waals surface area contributed by atoms with Gasteiger partial charge in [-0.15, -0.1) is 0 Å². The zero-order chi connectivity index (χ0) is 14.4. The number of hydrogen-bond acceptors (Lipinski definition) is 3. The number of nitrogens with two attached hydrogens (primary N) is 1. The van der Waals surface area contributed by atoms with E-state index in [2.05, 4.69) is 20.6 Å². The zero-order valence-electron chi connectivity index (χ0n) is 11.1. The standard InChI is InChI=1S/C13H18ClN5O/c14-10-3-1-7-16-11(10)4-2-8-17-13(19-12(15)20)18-9-5-6-9/h1,3,7,9H,2,4-6,8H2,(H4,15,17,18,19,20). The Labute approximate surface area is 122 Å². The molecule has 1 saturated carbocycles. The molecule has 1 heterocycles. The second-order valence-corrected chi connectivity index (χ2v) is 5.08. The molecule has 4 N–H and O–H groups in total. The van der Waals surface area contributed by atoms with Crippen molar-refractivity contribution in [2.75, 3.05) is 6.54 Å². The van der Waals surface area contributed by atoms with Gasteiger partial charge >= 0.3 is 6.03 Å². The number of carbonyl (C=O) groups excluding carboxylic acids is 1. The largest absolute Gasteiger partial charge is 0.353 e. The van der Waals surface area contributed by atoms with Crippen LogP contribution in [0.25, 0.3) is 0 Å². The van der Waals surface area contributed by atoms with E-state index in [4.69, 9.17) is 17.3 Å². The maximum atomic E-state index is 10.9. The van der Waals surface area contributed by atoms with Crippen LogP contribution >= 0.6 is 11.6 Å². The number of primary amides is 1. The van der Waals surface area contributed by atoms with E-state index in [0.717, 1.165) is 31.4 Å². The molecule has 1 aliphatic rings. The Morgan fingerprint density at radius 3 is 3.00 bits per heavy atom. The van der Waals surface area contributed by atoms with Crippen LogP contribution < -0.4 is 16.4 Å². The lowest BCUT2D eigenvalue weighted by molar-refractivity contribution is 0.253. The van der Waals surface area contributed by atoms with Crippen molar-refractivity contribution in [2.45, 2.75) is 31.7 Å². The summed E-state index contributed by atoms with van der Waals surface area (Å²) in [5.74, 6) is 0.451. The summed E-state index contributed by atoms with van der Waals surface area (Å²) in [6.45, 7) is 0.572. The summed E-state index contributed by atoms with van der Waals surface area (Å²) in [5, 5.41) is 6.30. The van der Waals surface area contributed by atoms with Crippen LogP contribution in [0.15, 0.2) is 23.3 Å². The third-order valence-corrected chi connectivity index (χ3v) is 3.18. The number of nitrogens with one attached hydrogen (secondary N) is 2. The number of carbonyl (C=O) groups is 1. The number of aliphatic imine (C=N–C) groups is 1. The number of halogens is 1. The number of pyridine rings is 1. The first-order valence-electron chi connectivity index (χ1n) is 6.62. The molecule has 7 heteroatoms. The van der Waals surface area contributed by atoms with Gasteiger partial charge in [0.25, 0.3) is 0 Å². The predicted molar refractivity (Wildman–Crippen MR) is 78.7 cm³/mol. The van der Waals surface area contributed by atoms with Gasteiger partial charge in [0.2, 0.25) is 0 Å². The third kappa shape index (κ3) is 5.05. The van der Waals surface area contributed by atoms with Gasteiger partial charge in [-0.05, 0) is 37.8 Å². The molecule has 0 aromatic carbocycles. The Balaban J connectivity index is 1.80. The monoisotopic (exact) mass is 295 g/mol. The van der Waals surface area contributed by atoms with Crippen LogP contribution in [-0.4, -0.2) is 29.6 Å². The van der Waals surface area contributed by atoms with E-state index in [1.165, 1.54) is 0 Å². The molecule has 6 nitrogen and oxygen atoms in total. The van der Waals surface area contributed by atoms with Gasteiger partial charge in [0, 0.05) is 18.8 Å². The first kappa shape index (κ1) is 14.6. The Bertz CT molecular complexity index is 501. The van der Waals surface area contributed by atoms with Gasteiger partial charge in [-0.25, -0.2) is 4.79 Å². The number of guanidine groups is 1. The molecule has 0 saturated heterocycles. The molecule has 0 unspecified atom stereocenters. The molecule has 0 spiro atoms. The molecule has 0 radical (unpaired) electrons. The summed E-state index contributed by atoms with van der Waals surface area (Å²) < 4.78 is 0. The molecular formula is C13H18ClN5O. The summed E-state index contributed by atoms with van der Waals surface area (Å²) in [4.78, 5) is 19.4. The summed E-state index contributed by atoms with van der Waals surface area (Å²) in [5.41, 5.74) is 5.97. The van der Waals surface area contributed by atoms with Crippen LogP contribution in [0.5, 0.6) is 0 Å². The fourth-order valence-electron chi connectivity index (χ4n) is 1.70. The SMILES string of the molecule is NC(=O)NC(=NCCCc1ncccc1Cl)NC1CC1. The topological polar surface area (TPSA) is 92.4 Å². The molecule has 1 aromatic heterocycles. The van der Waals surface area contributed by atoms with Crippen molar-refractivity contribution in [1.82, 2.24) is 15.6 Å². The van der Waals surface area contributed by atoms with E-state index in [1.807, 2.05) is 6.07 Å². The number of aromatic nitrogens is 1. The van der Waals surface area contributed by atoms with Crippen LogP contribution in [0, 0.1) is 0 Å². The fourth-order valence-corrected chi connectivity index (χ4v) is 1.91. The van der Waals surface area contributed by atoms with Crippen LogP contribution in [0.4, 0.5) is 4.79 Å². The summed E-state index contributed by atoms with van der Waals surface area (Å²) in [6.07, 6.45) is 5.47. The molecule has 1 aliphatic carbocycles. The van der Waals surface area contributed by atoms with Crippen molar-refractivity contribution in [3.8, 4) is 0 Å². The van der Waals surface area contributed by atoms with Gasteiger partial charge in [-0.3, -0.25) is 15.3 Å². The van der Waals surface area contributed by atoms with Crippen molar-refractivity contribution in [2.24, 2.45) is 10.7 Å². The molecule has 0 aliphatic heterocycles. The van der Waals surface area contributed by atoms with Crippen LogP contribution in [0.1, 0.15) is 25.0 Å². The Kier molecular flexibility index (Phi) is 5.17. The lowest BCUT2D eigenvalue weighted by atomic mass is 10.2. The number of hydrogen-bond donors (Lipinski definition) is 3. The highest BCUT2D eigenvalue weighted by molar-refractivity contribution is 6.31. The van der Waals surface area contributed by atoms with Crippen molar-refractivity contribution in [1.29, 1.82) is 0 Å². The maximum Gasteiger partial charge on any atom is 0.318 e. The summed E-state index contributed by atoms with van der Waals surface area (Å²) in [7, 11) is 0. The van der Waals surface area contributed by atoms with Gasteiger partial charge in [-0.1, -0.05) is 11.6 Å². The van der Waals surface area contributed by atoms with Crippen molar-refractivity contribution >= 4 is 23.6 Å². The molecule has 20 heavy (non-hydrogen) atoms. The minimum absolute atomic E-state index is 0.408. The highest BCUT2D eigenvalue weighted by Gasteiger charge is 2.22. The molecule has 0 bridgehead atoms. The highest BCUT2D eigenvalue weighted by Crippen LogP contribution is 2.18. The smallest absolute Gasteiger partial charge is 0.318 e. The third-order valence-electron chi connectivity index (χ3n) is 2.84. The molecule has 0 atom stereocenters. The minimum atomic E-state index is -0.607. The van der Waals surface area contributed by atoms with Crippen molar-refractivity contribution < 1.29 is 4.79 Å². The molecule has 1 fully saturated rings. The first-order chi connectivity index (χ1) is 9.65. The predicted octanol–water partition coefficient (Wildman–Crippen LogP) is 1.44. The highest BCUT2D eigenvalue weighted by atomic mass is 35.5. The number of urea groups is 1. The average Bonchev–Trinajstić information content (AvgIpc) is 3.19. The number of nitrogens with zero attached hydrogens (tertiary/aromatic N) is 2.